The van der Waals surface area contributed by atoms with E-state index in [-0.39, 0.29) is 11.4 Å². The smallest absolute Gasteiger partial charge is 0.333 e. The second kappa shape index (κ2) is 7.99. The molecular weight excluding hydrogens is 363 g/mol. The van der Waals surface area contributed by atoms with Gasteiger partial charge in [-0.05, 0) is 36.8 Å². The molecule has 0 saturated heterocycles. The van der Waals surface area contributed by atoms with E-state index >= 15 is 0 Å². The van der Waals surface area contributed by atoms with Crippen LogP contribution < -0.4 is 11.2 Å². The summed E-state index contributed by atoms with van der Waals surface area (Å²) in [7, 11) is 1.27. The highest BCUT2D eigenvalue weighted by Gasteiger charge is 2.23. The highest BCUT2D eigenvalue weighted by atomic mass is 19.1. The molecule has 0 spiro atoms. The van der Waals surface area contributed by atoms with Crippen molar-refractivity contribution in [1.82, 2.24) is 19.2 Å². The Morgan fingerprint density at radius 2 is 1.71 bits per heavy atom. The van der Waals surface area contributed by atoms with Crippen molar-refractivity contribution in [3.05, 3.63) is 92.5 Å². The first-order valence-electron chi connectivity index (χ1n) is 8.72. The van der Waals surface area contributed by atoms with Gasteiger partial charge in [-0.15, -0.1) is 0 Å². The van der Waals surface area contributed by atoms with Crippen LogP contribution in [0.4, 0.5) is 4.39 Å². The van der Waals surface area contributed by atoms with Gasteiger partial charge in [0.05, 0.1) is 5.69 Å². The van der Waals surface area contributed by atoms with Crippen molar-refractivity contribution in [2.24, 2.45) is 7.05 Å². The monoisotopic (exact) mass is 382 g/mol. The average Bonchev–Trinajstić information content (AvgIpc) is 2.71. The second-order valence-corrected chi connectivity index (χ2v) is 6.19. The molecule has 0 atom stereocenters. The molecule has 0 fully saturated rings. The van der Waals surface area contributed by atoms with Crippen molar-refractivity contribution in [2.45, 2.75) is 13.5 Å². The summed E-state index contributed by atoms with van der Waals surface area (Å²) in [6.45, 7) is 2.45. The lowest BCUT2D eigenvalue weighted by molar-refractivity contribution is 0.0741. The maximum Gasteiger partial charge on any atom is 0.351 e. The minimum Gasteiger partial charge on any atom is -0.333 e. The maximum atomic E-state index is 13.2. The highest BCUT2D eigenvalue weighted by molar-refractivity contribution is 5.91. The first-order chi connectivity index (χ1) is 13.4. The van der Waals surface area contributed by atoms with Gasteiger partial charge in [0.25, 0.3) is 11.5 Å². The SMILES string of the molecule is CCN(Cc1ccccc1)C(=O)c1nn(-c2ccc(F)cc2)c(=O)n(C)c1=O. The van der Waals surface area contributed by atoms with E-state index in [1.54, 1.807) is 6.92 Å². The van der Waals surface area contributed by atoms with E-state index in [4.69, 9.17) is 0 Å². The number of hydrogen-bond donors (Lipinski definition) is 0. The van der Waals surface area contributed by atoms with Crippen LogP contribution in [-0.2, 0) is 13.6 Å². The standard InChI is InChI=1S/C20H19FN4O3/c1-3-24(13-14-7-5-4-6-8-14)19(27)17-18(26)23(2)20(28)25(22-17)16-11-9-15(21)10-12-16/h4-12H,3,13H2,1-2H3. The Morgan fingerprint density at radius 1 is 1.07 bits per heavy atom. The maximum absolute atomic E-state index is 13.2. The summed E-state index contributed by atoms with van der Waals surface area (Å²) in [6.07, 6.45) is 0. The largest absolute Gasteiger partial charge is 0.351 e. The lowest BCUT2D eigenvalue weighted by Gasteiger charge is -2.20. The molecule has 1 aromatic heterocycles. The van der Waals surface area contributed by atoms with E-state index in [0.717, 1.165) is 14.8 Å². The summed E-state index contributed by atoms with van der Waals surface area (Å²) >= 11 is 0. The zero-order valence-electron chi connectivity index (χ0n) is 15.5. The fourth-order valence-electron chi connectivity index (χ4n) is 2.74. The van der Waals surface area contributed by atoms with Crippen LogP contribution in [0, 0.1) is 5.82 Å². The van der Waals surface area contributed by atoms with Gasteiger partial charge in [-0.3, -0.25) is 14.2 Å². The molecule has 7 nitrogen and oxygen atoms in total. The van der Waals surface area contributed by atoms with Crippen molar-refractivity contribution in [3.63, 3.8) is 0 Å². The van der Waals surface area contributed by atoms with Gasteiger partial charge >= 0.3 is 5.69 Å². The number of halogens is 1. The predicted octanol–water partition coefficient (Wildman–Crippen LogP) is 1.73. The van der Waals surface area contributed by atoms with Gasteiger partial charge in [-0.25, -0.2) is 9.18 Å². The van der Waals surface area contributed by atoms with Crippen molar-refractivity contribution in [3.8, 4) is 5.69 Å². The topological polar surface area (TPSA) is 77.2 Å². The first-order valence-corrected chi connectivity index (χ1v) is 8.72. The van der Waals surface area contributed by atoms with Crippen molar-refractivity contribution in [1.29, 1.82) is 0 Å². The van der Waals surface area contributed by atoms with E-state index < -0.39 is 23.0 Å². The second-order valence-electron chi connectivity index (χ2n) is 6.19. The predicted molar refractivity (Wildman–Crippen MR) is 102 cm³/mol. The molecule has 0 aliphatic carbocycles. The molecule has 2 aromatic carbocycles. The molecule has 0 radical (unpaired) electrons. The van der Waals surface area contributed by atoms with Crippen molar-refractivity contribution >= 4 is 5.91 Å². The van der Waals surface area contributed by atoms with Crippen LogP contribution in [-0.4, -0.2) is 31.7 Å². The number of hydrogen-bond acceptors (Lipinski definition) is 4. The van der Waals surface area contributed by atoms with E-state index in [1.807, 2.05) is 30.3 Å². The molecule has 8 heteroatoms. The fourth-order valence-corrected chi connectivity index (χ4v) is 2.74. The van der Waals surface area contributed by atoms with Gasteiger partial charge in [0.2, 0.25) is 5.69 Å². The summed E-state index contributed by atoms with van der Waals surface area (Å²) in [6, 6.07) is 14.4. The number of carbonyl (C=O) groups is 1. The molecule has 1 heterocycles. The van der Waals surface area contributed by atoms with E-state index in [1.165, 1.54) is 36.2 Å². The molecule has 0 unspecified atom stereocenters. The van der Waals surface area contributed by atoms with E-state index in [2.05, 4.69) is 5.10 Å². The Bertz CT molecular complexity index is 1110. The quantitative estimate of drug-likeness (QED) is 0.673. The zero-order chi connectivity index (χ0) is 20.3. The van der Waals surface area contributed by atoms with Crippen LogP contribution in [0.15, 0.2) is 64.2 Å². The summed E-state index contributed by atoms with van der Waals surface area (Å²) in [4.78, 5) is 39.4. The van der Waals surface area contributed by atoms with Crippen LogP contribution in [0.1, 0.15) is 23.0 Å². The summed E-state index contributed by atoms with van der Waals surface area (Å²) < 4.78 is 14.9. The lowest BCUT2D eigenvalue weighted by Crippen LogP contribution is -2.45. The van der Waals surface area contributed by atoms with Crippen LogP contribution in [0.25, 0.3) is 5.69 Å². The van der Waals surface area contributed by atoms with Gasteiger partial charge in [0.15, 0.2) is 0 Å². The lowest BCUT2D eigenvalue weighted by atomic mass is 10.2. The molecule has 28 heavy (non-hydrogen) atoms. The highest BCUT2D eigenvalue weighted by Crippen LogP contribution is 2.08. The molecule has 3 rings (SSSR count). The Labute approximate surface area is 160 Å². The molecule has 0 saturated carbocycles. The van der Waals surface area contributed by atoms with E-state index in [0.29, 0.717) is 13.1 Å². The molecule has 144 valence electrons. The van der Waals surface area contributed by atoms with Gasteiger partial charge in [0, 0.05) is 20.1 Å². The summed E-state index contributed by atoms with van der Waals surface area (Å²) in [5.74, 6) is -1.05. The molecule has 0 aliphatic heterocycles. The first kappa shape index (κ1) is 19.2. The normalized spacial score (nSPS) is 10.7. The molecule has 0 bridgehead atoms. The number of nitrogens with zero attached hydrogens (tertiary/aromatic N) is 4. The Kier molecular flexibility index (Phi) is 5.49. The number of carbonyl (C=O) groups excluding carboxylic acids is 1. The average molecular weight is 382 g/mol. The Morgan fingerprint density at radius 3 is 2.32 bits per heavy atom. The minimum atomic E-state index is -0.778. The number of benzene rings is 2. The van der Waals surface area contributed by atoms with Crippen LogP contribution in [0.5, 0.6) is 0 Å². The van der Waals surface area contributed by atoms with Crippen LogP contribution in [0.3, 0.4) is 0 Å². The third-order valence-corrected chi connectivity index (χ3v) is 4.33. The van der Waals surface area contributed by atoms with Gasteiger partial charge < -0.3 is 4.90 Å². The minimum absolute atomic E-state index is 0.252. The van der Waals surface area contributed by atoms with E-state index in [9.17, 15) is 18.8 Å². The number of amides is 1. The van der Waals surface area contributed by atoms with Gasteiger partial charge in [-0.2, -0.15) is 9.78 Å². The number of aromatic nitrogens is 3. The molecule has 0 N–H and O–H groups in total. The third-order valence-electron chi connectivity index (χ3n) is 4.33. The van der Waals surface area contributed by atoms with Crippen LogP contribution >= 0.6 is 0 Å². The summed E-state index contributed by atoms with van der Waals surface area (Å²) in [5.41, 5.74) is -0.716. The van der Waals surface area contributed by atoms with Crippen LogP contribution in [0.2, 0.25) is 0 Å². The number of rotatable bonds is 5. The molecule has 0 aliphatic rings. The van der Waals surface area contributed by atoms with Gasteiger partial charge in [0.1, 0.15) is 5.82 Å². The summed E-state index contributed by atoms with van der Waals surface area (Å²) in [5, 5.41) is 4.00. The fraction of sp³-hybridized carbons (Fsp3) is 0.200. The molecular formula is C20H19FN4O3. The molecule has 1 amide bonds. The van der Waals surface area contributed by atoms with Crippen molar-refractivity contribution in [2.75, 3.05) is 6.54 Å². The van der Waals surface area contributed by atoms with Gasteiger partial charge in [-0.1, -0.05) is 30.3 Å². The third kappa shape index (κ3) is 3.75. The zero-order valence-corrected chi connectivity index (χ0v) is 15.5. The Balaban J connectivity index is 2.05. The molecule has 3 aromatic rings. The van der Waals surface area contributed by atoms with Crippen molar-refractivity contribution < 1.29 is 9.18 Å². The Hall–Kier alpha value is -3.55.